The Kier molecular flexibility index (Phi) is 17.0. The Morgan fingerprint density at radius 1 is 1.42 bits per heavy atom. The van der Waals surface area contributed by atoms with Crippen molar-refractivity contribution in [2.24, 2.45) is 11.5 Å². The van der Waals surface area contributed by atoms with Crippen molar-refractivity contribution in [3.8, 4) is 0 Å². The quantitative estimate of drug-likeness (QED) is 0.441. The number of carbonyl (C=O) groups is 2. The topological polar surface area (TPSA) is 106 Å². The predicted molar refractivity (Wildman–Crippen MR) is 48.3 cm³/mol. The first-order chi connectivity index (χ1) is 4.54. The molecule has 0 rings (SSSR count). The normalized spacial score (nSPS) is 10.4. The first kappa shape index (κ1) is 19.2. The molecule has 0 heterocycles. The summed E-state index contributed by atoms with van der Waals surface area (Å²) in [5.41, 5.74) is 9.81. The molecular weight excluding hydrogens is 198 g/mol. The molecule has 0 bridgehead atoms. The van der Waals surface area contributed by atoms with Crippen LogP contribution in [0.4, 0.5) is 0 Å². The zero-order valence-corrected chi connectivity index (χ0v) is 5.41. The molecule has 1 unspecified atom stereocenters. The summed E-state index contributed by atoms with van der Waals surface area (Å²) in [5.74, 6) is -1.64. The molecule has 0 aliphatic heterocycles. The average Bonchev–Trinajstić information content (AvgIpc) is 1.82. The van der Waals surface area contributed by atoms with Crippen LogP contribution < -0.4 is 11.5 Å². The van der Waals surface area contributed by atoms with E-state index in [0.29, 0.717) is 0 Å². The van der Waals surface area contributed by atoms with Gasteiger partial charge in [0.15, 0.2) is 0 Å². The molecule has 5 N–H and O–H groups in total. The SMILES string of the molecule is NC(=O)CCC(N)C(=O)O.[KH].[NaH]. The summed E-state index contributed by atoms with van der Waals surface area (Å²) in [6.07, 6.45) is 0.123. The fourth-order valence-corrected chi connectivity index (χ4v) is 0.421. The third-order valence-corrected chi connectivity index (χ3v) is 1.02. The van der Waals surface area contributed by atoms with Gasteiger partial charge in [-0.05, 0) is 6.42 Å². The van der Waals surface area contributed by atoms with Gasteiger partial charge in [0.05, 0.1) is 0 Å². The minimum absolute atomic E-state index is 0. The summed E-state index contributed by atoms with van der Waals surface area (Å²) >= 11 is 0. The monoisotopic (exact) mass is 210 g/mol. The number of amides is 1. The number of rotatable bonds is 4. The Labute approximate surface area is 135 Å². The van der Waals surface area contributed by atoms with Gasteiger partial charge in [-0.2, -0.15) is 0 Å². The summed E-state index contributed by atoms with van der Waals surface area (Å²) in [7, 11) is 0. The first-order valence-electron chi connectivity index (χ1n) is 2.80. The minimum atomic E-state index is -1.11. The van der Waals surface area contributed by atoms with Gasteiger partial charge in [0.25, 0.3) is 0 Å². The van der Waals surface area contributed by atoms with Crippen LogP contribution in [-0.2, 0) is 9.59 Å². The molecular formula is C5H12KN2NaO3. The van der Waals surface area contributed by atoms with E-state index in [4.69, 9.17) is 16.6 Å². The van der Waals surface area contributed by atoms with E-state index in [-0.39, 0.29) is 93.8 Å². The van der Waals surface area contributed by atoms with Crippen molar-refractivity contribution in [3.63, 3.8) is 0 Å². The zero-order valence-electron chi connectivity index (χ0n) is 5.41. The molecule has 62 valence electrons. The second-order valence-electron chi connectivity index (χ2n) is 1.95. The van der Waals surface area contributed by atoms with Crippen LogP contribution in [-0.4, -0.2) is 104 Å². The standard InChI is InChI=1S/C5H10N2O3.K.Na.2H/c6-3(5(9)10)1-2-4(7)8;;;;/h3H,1-2,6H2,(H2,7,8)(H,9,10);;;;. The van der Waals surface area contributed by atoms with Crippen LogP contribution in [0.3, 0.4) is 0 Å². The Bertz CT molecular complexity index is 156. The zero-order chi connectivity index (χ0) is 8.15. The van der Waals surface area contributed by atoms with E-state index in [2.05, 4.69) is 0 Å². The summed E-state index contributed by atoms with van der Waals surface area (Å²) < 4.78 is 0. The molecule has 0 radical (unpaired) electrons. The Hall–Kier alpha value is 1.54. The number of primary amides is 1. The number of hydrogen-bond donors (Lipinski definition) is 3. The van der Waals surface area contributed by atoms with E-state index in [1.807, 2.05) is 0 Å². The van der Waals surface area contributed by atoms with Crippen molar-refractivity contribution in [1.29, 1.82) is 0 Å². The Balaban J connectivity index is -0.000000405. The number of aliphatic carboxylic acids is 1. The number of carbonyl (C=O) groups excluding carboxylic acids is 1. The van der Waals surface area contributed by atoms with Crippen molar-refractivity contribution < 1.29 is 14.7 Å². The molecule has 0 saturated heterocycles. The van der Waals surface area contributed by atoms with Crippen LogP contribution in [0.2, 0.25) is 0 Å². The van der Waals surface area contributed by atoms with Gasteiger partial charge in [-0.25, -0.2) is 0 Å². The molecule has 12 heavy (non-hydrogen) atoms. The van der Waals surface area contributed by atoms with Crippen LogP contribution in [0.1, 0.15) is 12.8 Å². The predicted octanol–water partition coefficient (Wildman–Crippen LogP) is -2.63. The molecule has 0 fully saturated rings. The number of carboxylic acid groups (broad SMARTS) is 1. The van der Waals surface area contributed by atoms with E-state index in [0.717, 1.165) is 0 Å². The molecule has 0 saturated carbocycles. The van der Waals surface area contributed by atoms with Crippen molar-refractivity contribution in [2.45, 2.75) is 18.9 Å². The van der Waals surface area contributed by atoms with Crippen LogP contribution in [0.15, 0.2) is 0 Å². The van der Waals surface area contributed by atoms with E-state index in [9.17, 15) is 9.59 Å². The maximum absolute atomic E-state index is 10.1. The molecule has 0 aliphatic carbocycles. The Morgan fingerprint density at radius 2 is 1.83 bits per heavy atom. The molecule has 0 aromatic rings. The molecule has 0 aliphatic rings. The van der Waals surface area contributed by atoms with Crippen molar-refractivity contribution >= 4 is 92.8 Å². The third-order valence-electron chi connectivity index (χ3n) is 1.02. The second-order valence-corrected chi connectivity index (χ2v) is 1.95. The fourth-order valence-electron chi connectivity index (χ4n) is 0.421. The summed E-state index contributed by atoms with van der Waals surface area (Å²) in [6.45, 7) is 0. The van der Waals surface area contributed by atoms with Gasteiger partial charge in [0.2, 0.25) is 5.91 Å². The fraction of sp³-hybridized carbons (Fsp3) is 0.600. The van der Waals surface area contributed by atoms with E-state index < -0.39 is 17.9 Å². The van der Waals surface area contributed by atoms with Gasteiger partial charge in [-0.1, -0.05) is 0 Å². The van der Waals surface area contributed by atoms with E-state index >= 15 is 0 Å². The van der Waals surface area contributed by atoms with Crippen molar-refractivity contribution in [2.75, 3.05) is 0 Å². The van der Waals surface area contributed by atoms with Gasteiger partial charge in [0.1, 0.15) is 6.04 Å². The Morgan fingerprint density at radius 3 is 2.08 bits per heavy atom. The average molecular weight is 210 g/mol. The van der Waals surface area contributed by atoms with Crippen LogP contribution >= 0.6 is 0 Å². The number of carboxylic acids is 1. The molecule has 1 atom stereocenters. The van der Waals surface area contributed by atoms with E-state index in [1.165, 1.54) is 0 Å². The second kappa shape index (κ2) is 10.6. The molecule has 1 amide bonds. The summed E-state index contributed by atoms with van der Waals surface area (Å²) in [4.78, 5) is 20.1. The first-order valence-corrected chi connectivity index (χ1v) is 2.80. The molecule has 5 nitrogen and oxygen atoms in total. The maximum atomic E-state index is 10.1. The van der Waals surface area contributed by atoms with Gasteiger partial charge in [-0.3, -0.25) is 9.59 Å². The summed E-state index contributed by atoms with van der Waals surface area (Å²) in [6, 6.07) is -0.979. The van der Waals surface area contributed by atoms with E-state index in [1.54, 1.807) is 0 Å². The summed E-state index contributed by atoms with van der Waals surface area (Å²) in [5, 5.41) is 8.22. The molecule has 7 heteroatoms. The van der Waals surface area contributed by atoms with Crippen molar-refractivity contribution in [1.82, 2.24) is 0 Å². The van der Waals surface area contributed by atoms with Crippen LogP contribution in [0.5, 0.6) is 0 Å². The molecule has 0 aromatic heterocycles. The van der Waals surface area contributed by atoms with Crippen LogP contribution in [0.25, 0.3) is 0 Å². The van der Waals surface area contributed by atoms with Crippen LogP contribution in [0, 0.1) is 0 Å². The third kappa shape index (κ3) is 11.5. The molecule has 0 spiro atoms. The van der Waals surface area contributed by atoms with Crippen molar-refractivity contribution in [3.05, 3.63) is 0 Å². The van der Waals surface area contributed by atoms with Gasteiger partial charge < -0.3 is 16.6 Å². The van der Waals surface area contributed by atoms with Gasteiger partial charge >= 0.3 is 86.9 Å². The van der Waals surface area contributed by atoms with Gasteiger partial charge in [0, 0.05) is 6.42 Å². The number of nitrogens with two attached hydrogens (primary N) is 2. The molecule has 0 aromatic carbocycles. The van der Waals surface area contributed by atoms with Gasteiger partial charge in [-0.15, -0.1) is 0 Å². The number of hydrogen-bond acceptors (Lipinski definition) is 3.